The molecule has 7 heteroatoms. The number of benzene rings is 1. The number of nitrogens with two attached hydrogens (primary N) is 1. The van der Waals surface area contributed by atoms with E-state index < -0.39 is 4.92 Å². The molecule has 104 valence electrons. The smallest absolute Gasteiger partial charge is 0.311 e. The van der Waals surface area contributed by atoms with Crippen LogP contribution in [0.15, 0.2) is 24.3 Å². The average Bonchev–Trinajstić information content (AvgIpc) is 2.37. The average molecular weight is 274 g/mol. The van der Waals surface area contributed by atoms with Crippen molar-refractivity contribution in [1.29, 1.82) is 0 Å². The summed E-state index contributed by atoms with van der Waals surface area (Å²) in [6, 6.07) is 6.25. The van der Waals surface area contributed by atoms with Gasteiger partial charge in [0.15, 0.2) is 0 Å². The number of nitro groups is 1. The van der Waals surface area contributed by atoms with Crippen molar-refractivity contribution in [3.63, 3.8) is 0 Å². The molecule has 1 heterocycles. The molecule has 0 amide bonds. The monoisotopic (exact) mass is 274 g/mol. The summed E-state index contributed by atoms with van der Waals surface area (Å²) in [5, 5.41) is 11.1. The van der Waals surface area contributed by atoms with E-state index in [1.54, 1.807) is 19.1 Å². The maximum Gasteiger partial charge on any atom is 0.311 e. The van der Waals surface area contributed by atoms with E-state index in [2.05, 4.69) is 9.97 Å². The summed E-state index contributed by atoms with van der Waals surface area (Å²) >= 11 is 0. The molecule has 0 saturated carbocycles. The Kier molecular flexibility index (Phi) is 3.79. The summed E-state index contributed by atoms with van der Waals surface area (Å²) < 4.78 is 5.46. The number of nitrogen functional groups attached to an aromatic ring is 1. The van der Waals surface area contributed by atoms with Gasteiger partial charge in [0.2, 0.25) is 11.6 Å². The van der Waals surface area contributed by atoms with Crippen molar-refractivity contribution in [3.05, 3.63) is 45.8 Å². The van der Waals surface area contributed by atoms with Crippen molar-refractivity contribution in [2.45, 2.75) is 20.3 Å². The van der Waals surface area contributed by atoms with Gasteiger partial charge in [0.25, 0.3) is 0 Å². The quantitative estimate of drug-likeness (QED) is 0.678. The van der Waals surface area contributed by atoms with Gasteiger partial charge in [-0.05, 0) is 25.0 Å². The van der Waals surface area contributed by atoms with Crippen molar-refractivity contribution in [3.8, 4) is 11.6 Å². The van der Waals surface area contributed by atoms with Crippen LogP contribution in [0.1, 0.15) is 18.3 Å². The number of aryl methyl sites for hydroxylation is 2. The zero-order chi connectivity index (χ0) is 14.7. The second-order valence-electron chi connectivity index (χ2n) is 4.19. The maximum atomic E-state index is 11.1. The van der Waals surface area contributed by atoms with Crippen LogP contribution in [0.5, 0.6) is 11.6 Å². The third-order valence-electron chi connectivity index (χ3n) is 2.68. The fourth-order valence-corrected chi connectivity index (χ4v) is 1.74. The Bertz CT molecular complexity index is 638. The van der Waals surface area contributed by atoms with Gasteiger partial charge in [-0.25, -0.2) is 4.98 Å². The number of nitro benzene ring substituents is 1. The molecule has 0 bridgehead atoms. The van der Waals surface area contributed by atoms with Crippen LogP contribution < -0.4 is 10.5 Å². The van der Waals surface area contributed by atoms with Gasteiger partial charge in [-0.3, -0.25) is 10.1 Å². The predicted octanol–water partition coefficient (Wildman–Crippen LogP) is 2.63. The standard InChI is InChI=1S/C13H14N4O3/c1-3-9-4-5-11(10(6-9)17(18)19)20-13-7-12(14)15-8(2)16-13/h4-7H,3H2,1-2H3,(H2,14,15,16). The number of aromatic nitrogens is 2. The first-order valence-corrected chi connectivity index (χ1v) is 6.06. The summed E-state index contributed by atoms with van der Waals surface area (Å²) in [4.78, 5) is 18.6. The van der Waals surface area contributed by atoms with Crippen LogP contribution in [-0.4, -0.2) is 14.9 Å². The van der Waals surface area contributed by atoms with Crippen molar-refractivity contribution in [2.24, 2.45) is 0 Å². The molecule has 1 aromatic carbocycles. The molecule has 7 nitrogen and oxygen atoms in total. The number of nitrogens with zero attached hydrogens (tertiary/aromatic N) is 3. The first-order chi connectivity index (χ1) is 9.49. The zero-order valence-corrected chi connectivity index (χ0v) is 11.2. The minimum absolute atomic E-state index is 0.0980. The minimum Gasteiger partial charge on any atom is -0.432 e. The van der Waals surface area contributed by atoms with Gasteiger partial charge >= 0.3 is 5.69 Å². The van der Waals surface area contributed by atoms with Crippen LogP contribution in [0.3, 0.4) is 0 Å². The molecule has 2 aromatic rings. The Labute approximate surface area is 115 Å². The molecular weight excluding hydrogens is 260 g/mol. The number of rotatable bonds is 4. The molecule has 20 heavy (non-hydrogen) atoms. The number of ether oxygens (including phenoxy) is 1. The van der Waals surface area contributed by atoms with E-state index in [9.17, 15) is 10.1 Å². The third-order valence-corrected chi connectivity index (χ3v) is 2.68. The van der Waals surface area contributed by atoms with Gasteiger partial charge < -0.3 is 10.5 Å². The van der Waals surface area contributed by atoms with Gasteiger partial charge in [-0.1, -0.05) is 13.0 Å². The molecular formula is C13H14N4O3. The van der Waals surface area contributed by atoms with E-state index >= 15 is 0 Å². The molecule has 1 aromatic heterocycles. The van der Waals surface area contributed by atoms with Crippen molar-refractivity contribution in [2.75, 3.05) is 5.73 Å². The lowest BCUT2D eigenvalue weighted by Gasteiger charge is -2.07. The first-order valence-electron chi connectivity index (χ1n) is 6.06. The molecule has 0 radical (unpaired) electrons. The third kappa shape index (κ3) is 3.00. The van der Waals surface area contributed by atoms with Gasteiger partial charge in [-0.15, -0.1) is 0 Å². The Morgan fingerprint density at radius 2 is 2.10 bits per heavy atom. The van der Waals surface area contributed by atoms with Gasteiger partial charge in [-0.2, -0.15) is 4.98 Å². The normalized spacial score (nSPS) is 10.3. The van der Waals surface area contributed by atoms with Crippen LogP contribution in [-0.2, 0) is 6.42 Å². The van der Waals surface area contributed by atoms with Crippen molar-refractivity contribution >= 4 is 11.5 Å². The highest BCUT2D eigenvalue weighted by molar-refractivity contribution is 5.50. The largest absolute Gasteiger partial charge is 0.432 e. The lowest BCUT2D eigenvalue weighted by Crippen LogP contribution is -2.00. The second-order valence-corrected chi connectivity index (χ2v) is 4.19. The highest BCUT2D eigenvalue weighted by Gasteiger charge is 2.17. The molecule has 2 N–H and O–H groups in total. The summed E-state index contributed by atoms with van der Waals surface area (Å²) in [5.41, 5.74) is 6.36. The van der Waals surface area contributed by atoms with Gasteiger partial charge in [0, 0.05) is 12.1 Å². The highest BCUT2D eigenvalue weighted by Crippen LogP contribution is 2.31. The topological polar surface area (TPSA) is 104 Å². The molecule has 0 atom stereocenters. The summed E-state index contributed by atoms with van der Waals surface area (Å²) in [6.45, 7) is 3.59. The lowest BCUT2D eigenvalue weighted by atomic mass is 10.1. The summed E-state index contributed by atoms with van der Waals surface area (Å²) in [5.74, 6) is 1.00. The molecule has 0 aliphatic carbocycles. The van der Waals surface area contributed by atoms with Crippen molar-refractivity contribution in [1.82, 2.24) is 9.97 Å². The molecule has 0 aliphatic rings. The summed E-state index contributed by atoms with van der Waals surface area (Å²) in [7, 11) is 0. The Morgan fingerprint density at radius 3 is 2.70 bits per heavy atom. The Balaban J connectivity index is 2.39. The van der Waals surface area contributed by atoms with E-state index in [1.807, 2.05) is 6.92 Å². The summed E-state index contributed by atoms with van der Waals surface area (Å²) in [6.07, 6.45) is 0.709. The Morgan fingerprint density at radius 1 is 1.35 bits per heavy atom. The van der Waals surface area contributed by atoms with Gasteiger partial charge in [0.05, 0.1) is 4.92 Å². The number of hydrogen-bond donors (Lipinski definition) is 1. The van der Waals surface area contributed by atoms with E-state index in [1.165, 1.54) is 12.1 Å². The molecule has 0 unspecified atom stereocenters. The van der Waals surface area contributed by atoms with E-state index in [4.69, 9.17) is 10.5 Å². The first kappa shape index (κ1) is 13.7. The molecule has 0 aliphatic heterocycles. The lowest BCUT2D eigenvalue weighted by molar-refractivity contribution is -0.385. The van der Waals surface area contributed by atoms with E-state index in [0.717, 1.165) is 5.56 Å². The number of anilines is 1. The van der Waals surface area contributed by atoms with E-state index in [-0.39, 0.29) is 23.1 Å². The zero-order valence-electron chi connectivity index (χ0n) is 11.2. The molecule has 0 fully saturated rings. The van der Waals surface area contributed by atoms with Crippen molar-refractivity contribution < 1.29 is 9.66 Å². The predicted molar refractivity (Wildman–Crippen MR) is 73.7 cm³/mol. The second kappa shape index (κ2) is 5.52. The highest BCUT2D eigenvalue weighted by atomic mass is 16.6. The fourth-order valence-electron chi connectivity index (χ4n) is 1.74. The SMILES string of the molecule is CCc1ccc(Oc2cc(N)nc(C)n2)c([N+](=O)[O-])c1. The molecule has 0 spiro atoms. The number of hydrogen-bond acceptors (Lipinski definition) is 6. The van der Waals surface area contributed by atoms with Crippen LogP contribution in [0.2, 0.25) is 0 Å². The molecule has 0 saturated heterocycles. The van der Waals surface area contributed by atoms with Crippen LogP contribution in [0, 0.1) is 17.0 Å². The van der Waals surface area contributed by atoms with Crippen LogP contribution in [0.25, 0.3) is 0 Å². The maximum absolute atomic E-state index is 11.1. The fraction of sp³-hybridized carbons (Fsp3) is 0.231. The minimum atomic E-state index is -0.480. The van der Waals surface area contributed by atoms with Gasteiger partial charge in [0.1, 0.15) is 11.6 Å². The Hall–Kier alpha value is -2.70. The van der Waals surface area contributed by atoms with E-state index in [0.29, 0.717) is 12.2 Å². The van der Waals surface area contributed by atoms with Crippen LogP contribution >= 0.6 is 0 Å². The molecule has 2 rings (SSSR count). The van der Waals surface area contributed by atoms with Crippen LogP contribution in [0.4, 0.5) is 11.5 Å².